The van der Waals surface area contributed by atoms with Gasteiger partial charge in [0.15, 0.2) is 11.5 Å². The topological polar surface area (TPSA) is 29.5 Å². The van der Waals surface area contributed by atoms with Gasteiger partial charge in [-0.25, -0.2) is 0 Å². The summed E-state index contributed by atoms with van der Waals surface area (Å²) < 4.78 is 32.6. The van der Waals surface area contributed by atoms with Gasteiger partial charge in [-0.15, -0.1) is 6.58 Å². The summed E-state index contributed by atoms with van der Waals surface area (Å²) in [6.45, 7) is 4.33. The molecule has 4 heteroatoms. The monoisotopic (exact) mass is 350 g/mol. The number of aromatic hydroxyl groups is 1. The summed E-state index contributed by atoms with van der Waals surface area (Å²) in [5, 5.41) is 9.15. The highest BCUT2D eigenvalue weighted by Crippen LogP contribution is 2.41. The first-order valence-corrected chi connectivity index (χ1v) is 9.50. The molecule has 1 aromatic rings. The lowest BCUT2D eigenvalue weighted by Gasteiger charge is -2.37. The molecule has 2 aliphatic rings. The summed E-state index contributed by atoms with van der Waals surface area (Å²) in [7, 11) is 0. The highest BCUT2D eigenvalue weighted by atomic mass is 19.2. The van der Waals surface area contributed by atoms with Crippen molar-refractivity contribution in [2.75, 3.05) is 6.61 Å². The predicted octanol–water partition coefficient (Wildman–Crippen LogP) is 5.85. The van der Waals surface area contributed by atoms with E-state index in [9.17, 15) is 8.78 Å². The second kappa shape index (κ2) is 8.20. The van der Waals surface area contributed by atoms with Crippen molar-refractivity contribution in [3.63, 3.8) is 0 Å². The van der Waals surface area contributed by atoms with Crippen LogP contribution >= 0.6 is 0 Å². The first-order chi connectivity index (χ1) is 12.1. The van der Waals surface area contributed by atoms with Crippen LogP contribution in [0.25, 0.3) is 0 Å². The minimum Gasteiger partial charge on any atom is -0.505 e. The second-order valence-corrected chi connectivity index (χ2v) is 7.71. The van der Waals surface area contributed by atoms with Crippen molar-refractivity contribution in [1.29, 1.82) is 0 Å². The number of hydrogen-bond acceptors (Lipinski definition) is 2. The average Bonchev–Trinajstić information content (AvgIpc) is 2.66. The Morgan fingerprint density at radius 3 is 2.16 bits per heavy atom. The Kier molecular flexibility index (Phi) is 5.98. The lowest BCUT2D eigenvalue weighted by atomic mass is 9.69. The van der Waals surface area contributed by atoms with E-state index in [1.807, 2.05) is 0 Å². The van der Waals surface area contributed by atoms with Gasteiger partial charge >= 0.3 is 0 Å². The first kappa shape index (κ1) is 18.2. The normalized spacial score (nSPS) is 30.0. The second-order valence-electron chi connectivity index (χ2n) is 7.71. The molecule has 25 heavy (non-hydrogen) atoms. The Labute approximate surface area is 148 Å². The third-order valence-corrected chi connectivity index (χ3v) is 6.21. The summed E-state index contributed by atoms with van der Waals surface area (Å²) in [6.07, 6.45) is 11.9. The fourth-order valence-electron chi connectivity index (χ4n) is 4.52. The van der Waals surface area contributed by atoms with Crippen LogP contribution in [0, 0.1) is 35.3 Å². The standard InChI is InChI=1S/C21H28F2O2/c1-2-14-3-7-16(8-4-14)17-9-5-15(6-10-17)13-25-19-12-11-18(24)20(22)21(19)23/h2,11-12,14-17,24H,1,3-10,13H2. The predicted molar refractivity (Wildman–Crippen MR) is 94.6 cm³/mol. The SMILES string of the molecule is C=CC1CCC(C2CCC(COc3ccc(O)c(F)c3F)CC2)CC1. The van der Waals surface area contributed by atoms with Crippen LogP contribution in [0.15, 0.2) is 24.8 Å². The van der Waals surface area contributed by atoms with E-state index in [1.165, 1.54) is 44.6 Å². The third-order valence-electron chi connectivity index (χ3n) is 6.21. The number of phenols is 1. The van der Waals surface area contributed by atoms with Gasteiger partial charge in [0.25, 0.3) is 0 Å². The lowest BCUT2D eigenvalue weighted by Crippen LogP contribution is -2.27. The van der Waals surface area contributed by atoms with Crippen LogP contribution in [0.3, 0.4) is 0 Å². The van der Waals surface area contributed by atoms with E-state index in [0.29, 0.717) is 18.4 Å². The van der Waals surface area contributed by atoms with Crippen LogP contribution in [-0.2, 0) is 0 Å². The molecule has 1 N–H and O–H groups in total. The van der Waals surface area contributed by atoms with E-state index < -0.39 is 17.4 Å². The molecular weight excluding hydrogens is 322 g/mol. The zero-order valence-electron chi connectivity index (χ0n) is 14.7. The van der Waals surface area contributed by atoms with E-state index in [1.54, 1.807) is 0 Å². The minimum atomic E-state index is -1.24. The molecule has 0 radical (unpaired) electrons. The fraction of sp³-hybridized carbons (Fsp3) is 0.619. The van der Waals surface area contributed by atoms with Crippen molar-refractivity contribution in [1.82, 2.24) is 0 Å². The van der Waals surface area contributed by atoms with E-state index in [2.05, 4.69) is 12.7 Å². The molecule has 2 saturated carbocycles. The van der Waals surface area contributed by atoms with E-state index in [0.717, 1.165) is 30.7 Å². The number of ether oxygens (including phenoxy) is 1. The zero-order valence-corrected chi connectivity index (χ0v) is 14.7. The van der Waals surface area contributed by atoms with E-state index in [4.69, 9.17) is 9.84 Å². The molecule has 0 heterocycles. The van der Waals surface area contributed by atoms with Gasteiger partial charge in [0, 0.05) is 0 Å². The number of allylic oxidation sites excluding steroid dienone is 1. The van der Waals surface area contributed by atoms with E-state index in [-0.39, 0.29) is 5.75 Å². The molecule has 2 nitrogen and oxygen atoms in total. The highest BCUT2D eigenvalue weighted by molar-refractivity contribution is 5.33. The molecule has 138 valence electrons. The molecule has 0 aliphatic heterocycles. The maximum atomic E-state index is 13.7. The Balaban J connectivity index is 1.44. The van der Waals surface area contributed by atoms with Gasteiger partial charge in [0.1, 0.15) is 0 Å². The van der Waals surface area contributed by atoms with Crippen molar-refractivity contribution in [2.24, 2.45) is 23.7 Å². The maximum Gasteiger partial charge on any atom is 0.204 e. The molecule has 0 amide bonds. The first-order valence-electron chi connectivity index (χ1n) is 9.50. The van der Waals surface area contributed by atoms with Crippen molar-refractivity contribution in [2.45, 2.75) is 51.4 Å². The van der Waals surface area contributed by atoms with Gasteiger partial charge in [-0.3, -0.25) is 0 Å². The van der Waals surface area contributed by atoms with Gasteiger partial charge in [0.2, 0.25) is 11.6 Å². The van der Waals surface area contributed by atoms with Gasteiger partial charge in [0.05, 0.1) is 6.61 Å². The van der Waals surface area contributed by atoms with Crippen LogP contribution in [0.2, 0.25) is 0 Å². The number of rotatable bonds is 5. The Bertz CT molecular complexity index is 586. The lowest BCUT2D eigenvalue weighted by molar-refractivity contribution is 0.127. The van der Waals surface area contributed by atoms with Crippen molar-refractivity contribution < 1.29 is 18.6 Å². The number of phenolic OH excluding ortho intramolecular Hbond substituents is 1. The quantitative estimate of drug-likeness (QED) is 0.675. The number of halogens is 2. The van der Waals surface area contributed by atoms with Crippen LogP contribution in [0.1, 0.15) is 51.4 Å². The molecule has 1 aromatic carbocycles. The summed E-state index contributed by atoms with van der Waals surface area (Å²) >= 11 is 0. The summed E-state index contributed by atoms with van der Waals surface area (Å²) in [4.78, 5) is 0. The minimum absolute atomic E-state index is 0.111. The van der Waals surface area contributed by atoms with Crippen LogP contribution < -0.4 is 4.74 Å². The number of hydrogen-bond donors (Lipinski definition) is 1. The smallest absolute Gasteiger partial charge is 0.204 e. The molecule has 0 unspecified atom stereocenters. The molecule has 0 atom stereocenters. The van der Waals surface area contributed by atoms with Crippen molar-refractivity contribution >= 4 is 0 Å². The largest absolute Gasteiger partial charge is 0.505 e. The zero-order chi connectivity index (χ0) is 17.8. The molecule has 0 bridgehead atoms. The van der Waals surface area contributed by atoms with Gasteiger partial charge in [-0.2, -0.15) is 8.78 Å². The summed E-state index contributed by atoms with van der Waals surface area (Å²) in [5.41, 5.74) is 0. The van der Waals surface area contributed by atoms with Crippen molar-refractivity contribution in [3.8, 4) is 11.5 Å². The molecule has 2 aliphatic carbocycles. The van der Waals surface area contributed by atoms with Gasteiger partial charge < -0.3 is 9.84 Å². The third kappa shape index (κ3) is 4.34. The molecule has 2 fully saturated rings. The number of benzene rings is 1. The Morgan fingerprint density at radius 1 is 0.960 bits per heavy atom. The van der Waals surface area contributed by atoms with Crippen LogP contribution in [0.5, 0.6) is 11.5 Å². The summed E-state index contributed by atoms with van der Waals surface area (Å²) in [5.74, 6) is -0.370. The summed E-state index contributed by atoms with van der Waals surface area (Å²) in [6, 6.07) is 2.42. The van der Waals surface area contributed by atoms with Gasteiger partial charge in [-0.05, 0) is 87.2 Å². The average molecular weight is 350 g/mol. The van der Waals surface area contributed by atoms with Crippen LogP contribution in [0.4, 0.5) is 8.78 Å². The maximum absolute atomic E-state index is 13.7. The molecule has 0 spiro atoms. The molecule has 0 saturated heterocycles. The van der Waals surface area contributed by atoms with Crippen molar-refractivity contribution in [3.05, 3.63) is 36.4 Å². The molecular formula is C21H28F2O2. The highest BCUT2D eigenvalue weighted by Gasteiger charge is 2.30. The molecule has 3 rings (SSSR count). The van der Waals surface area contributed by atoms with Gasteiger partial charge in [-0.1, -0.05) is 6.08 Å². The van der Waals surface area contributed by atoms with E-state index >= 15 is 0 Å². The fourth-order valence-corrected chi connectivity index (χ4v) is 4.52. The Morgan fingerprint density at radius 2 is 1.56 bits per heavy atom. The Hall–Kier alpha value is -1.58. The molecule has 0 aromatic heterocycles. The van der Waals surface area contributed by atoms with Crippen LogP contribution in [-0.4, -0.2) is 11.7 Å².